The first-order valence-corrected chi connectivity index (χ1v) is 11.3. The Hall–Kier alpha value is -2.32. The van der Waals surface area contributed by atoms with Crippen LogP contribution in [0.1, 0.15) is 54.0 Å². The van der Waals surface area contributed by atoms with Crippen molar-refractivity contribution < 1.29 is 19.0 Å². The van der Waals surface area contributed by atoms with Crippen LogP contribution < -0.4 is 19.7 Å². The van der Waals surface area contributed by atoms with Gasteiger partial charge in [-0.05, 0) is 20.8 Å². The summed E-state index contributed by atoms with van der Waals surface area (Å²) in [6.45, 7) is 13.9. The molecule has 0 bridgehead atoms. The summed E-state index contributed by atoms with van der Waals surface area (Å²) in [7, 11) is 0. The number of benzene rings is 1. The second kappa shape index (κ2) is 10.1. The molecule has 164 valence electrons. The van der Waals surface area contributed by atoms with Crippen LogP contribution in [-0.2, 0) is 4.74 Å². The minimum Gasteiger partial charge on any atom is -0.492 e. The lowest BCUT2D eigenvalue weighted by Gasteiger charge is -2.31. The van der Waals surface area contributed by atoms with Gasteiger partial charge in [-0.15, -0.1) is 11.3 Å². The van der Waals surface area contributed by atoms with Crippen LogP contribution in [0, 0.1) is 6.92 Å². The van der Waals surface area contributed by atoms with E-state index in [1.807, 2.05) is 32.9 Å². The average molecular weight is 434 g/mol. The maximum absolute atomic E-state index is 13.0. The molecule has 0 unspecified atom stereocenters. The molecule has 0 saturated carbocycles. The van der Waals surface area contributed by atoms with Gasteiger partial charge in [-0.1, -0.05) is 13.8 Å². The molecule has 7 nitrogen and oxygen atoms in total. The van der Waals surface area contributed by atoms with E-state index in [0.29, 0.717) is 42.7 Å². The molecule has 3 rings (SSSR count). The van der Waals surface area contributed by atoms with E-state index < -0.39 is 0 Å². The van der Waals surface area contributed by atoms with Crippen molar-refractivity contribution in [3.05, 3.63) is 27.7 Å². The first kappa shape index (κ1) is 22.4. The monoisotopic (exact) mass is 433 g/mol. The summed E-state index contributed by atoms with van der Waals surface area (Å²) in [6, 6.07) is 3.81. The van der Waals surface area contributed by atoms with E-state index in [1.54, 1.807) is 0 Å². The Labute approximate surface area is 182 Å². The third kappa shape index (κ3) is 5.05. The van der Waals surface area contributed by atoms with Crippen LogP contribution in [0.3, 0.4) is 0 Å². The summed E-state index contributed by atoms with van der Waals surface area (Å²) < 4.78 is 17.3. The molecule has 1 aliphatic rings. The zero-order valence-corrected chi connectivity index (χ0v) is 19.2. The van der Waals surface area contributed by atoms with Crippen molar-refractivity contribution >= 4 is 28.6 Å². The van der Waals surface area contributed by atoms with E-state index in [1.165, 1.54) is 11.3 Å². The summed E-state index contributed by atoms with van der Waals surface area (Å²) in [4.78, 5) is 20.4. The Bertz CT molecular complexity index is 876. The van der Waals surface area contributed by atoms with E-state index in [0.717, 1.165) is 35.2 Å². The van der Waals surface area contributed by atoms with E-state index >= 15 is 0 Å². The number of morpholine rings is 1. The highest BCUT2D eigenvalue weighted by Crippen LogP contribution is 2.40. The number of ether oxygens (including phenoxy) is 3. The van der Waals surface area contributed by atoms with Gasteiger partial charge in [0.05, 0.1) is 48.5 Å². The van der Waals surface area contributed by atoms with Crippen LogP contribution in [0.25, 0.3) is 0 Å². The van der Waals surface area contributed by atoms with Crippen molar-refractivity contribution in [2.75, 3.05) is 49.7 Å². The number of anilines is 2. The number of carbonyl (C=O) groups is 1. The van der Waals surface area contributed by atoms with Crippen molar-refractivity contribution in [1.29, 1.82) is 0 Å². The molecule has 0 aliphatic carbocycles. The van der Waals surface area contributed by atoms with Gasteiger partial charge < -0.3 is 24.4 Å². The lowest BCUT2D eigenvalue weighted by atomic mass is 10.2. The van der Waals surface area contributed by atoms with Gasteiger partial charge in [0, 0.05) is 31.1 Å². The molecular formula is C22H31N3O4S. The molecule has 0 radical (unpaired) electrons. The number of hydrogen-bond acceptors (Lipinski definition) is 7. The molecule has 2 heterocycles. The first-order valence-electron chi connectivity index (χ1n) is 10.5. The number of aromatic nitrogens is 1. The summed E-state index contributed by atoms with van der Waals surface area (Å²) >= 11 is 1.44. The molecule has 1 fully saturated rings. The molecule has 1 amide bonds. The van der Waals surface area contributed by atoms with Crippen molar-refractivity contribution in [3.63, 3.8) is 0 Å². The molecule has 8 heteroatoms. The average Bonchev–Trinajstić information content (AvgIpc) is 3.13. The van der Waals surface area contributed by atoms with Gasteiger partial charge in [0.1, 0.15) is 16.4 Å². The summed E-state index contributed by atoms with van der Waals surface area (Å²) in [5, 5.41) is 3.98. The van der Waals surface area contributed by atoms with Crippen LogP contribution in [-0.4, -0.2) is 50.4 Å². The molecule has 1 aromatic carbocycles. The number of hydrogen-bond donors (Lipinski definition) is 1. The molecule has 1 aromatic heterocycles. The molecule has 2 aromatic rings. The van der Waals surface area contributed by atoms with Crippen molar-refractivity contribution in [1.82, 2.24) is 4.98 Å². The quantitative estimate of drug-likeness (QED) is 0.663. The van der Waals surface area contributed by atoms with Crippen molar-refractivity contribution in [2.45, 2.75) is 40.5 Å². The van der Waals surface area contributed by atoms with E-state index in [4.69, 9.17) is 14.2 Å². The zero-order valence-electron chi connectivity index (χ0n) is 18.4. The van der Waals surface area contributed by atoms with Crippen LogP contribution in [0.15, 0.2) is 12.1 Å². The number of thiazole rings is 1. The fourth-order valence-corrected chi connectivity index (χ4v) is 4.26. The minimum atomic E-state index is -0.181. The highest BCUT2D eigenvalue weighted by Gasteiger charge is 2.22. The van der Waals surface area contributed by atoms with Gasteiger partial charge in [-0.25, -0.2) is 4.98 Å². The van der Waals surface area contributed by atoms with Gasteiger partial charge in [0.25, 0.3) is 5.91 Å². The number of nitrogens with zero attached hydrogens (tertiary/aromatic N) is 2. The Morgan fingerprint density at radius 3 is 2.47 bits per heavy atom. The normalized spacial score (nSPS) is 14.1. The van der Waals surface area contributed by atoms with Gasteiger partial charge in [0.2, 0.25) is 0 Å². The molecule has 0 spiro atoms. The fourth-order valence-electron chi connectivity index (χ4n) is 3.30. The highest BCUT2D eigenvalue weighted by atomic mass is 32.1. The molecule has 1 N–H and O–H groups in total. The second-order valence-corrected chi connectivity index (χ2v) is 8.39. The largest absolute Gasteiger partial charge is 0.492 e. The molecule has 0 atom stereocenters. The van der Waals surface area contributed by atoms with Crippen molar-refractivity contribution in [3.8, 4) is 11.5 Å². The molecule has 1 aliphatic heterocycles. The SMILES string of the molecule is CCOc1cc(N2CCOCC2)c(OCC)cc1NC(=O)c1sc(C(C)C)nc1C. The van der Waals surface area contributed by atoms with Gasteiger partial charge in [-0.3, -0.25) is 4.79 Å². The molecule has 30 heavy (non-hydrogen) atoms. The summed E-state index contributed by atoms with van der Waals surface area (Å²) in [5.41, 5.74) is 2.30. The first-order chi connectivity index (χ1) is 14.4. The Morgan fingerprint density at radius 2 is 1.87 bits per heavy atom. The van der Waals surface area contributed by atoms with E-state index in [9.17, 15) is 4.79 Å². The Balaban J connectivity index is 1.94. The third-order valence-corrected chi connectivity index (χ3v) is 6.23. The number of aryl methyl sites for hydroxylation is 1. The Kier molecular flexibility index (Phi) is 7.55. The van der Waals surface area contributed by atoms with Gasteiger partial charge in [-0.2, -0.15) is 0 Å². The lowest BCUT2D eigenvalue weighted by molar-refractivity contribution is 0.102. The van der Waals surface area contributed by atoms with Gasteiger partial charge in [0.15, 0.2) is 0 Å². The van der Waals surface area contributed by atoms with Crippen LogP contribution in [0.4, 0.5) is 11.4 Å². The lowest BCUT2D eigenvalue weighted by Crippen LogP contribution is -2.36. The predicted octanol–water partition coefficient (Wildman–Crippen LogP) is 4.46. The summed E-state index contributed by atoms with van der Waals surface area (Å²) in [6.07, 6.45) is 0. The topological polar surface area (TPSA) is 72.9 Å². The number of amides is 1. The number of carbonyl (C=O) groups excluding carboxylic acids is 1. The fraction of sp³-hybridized carbons (Fsp3) is 0.545. The molecular weight excluding hydrogens is 402 g/mol. The second-order valence-electron chi connectivity index (χ2n) is 7.36. The van der Waals surface area contributed by atoms with Gasteiger partial charge >= 0.3 is 0 Å². The van der Waals surface area contributed by atoms with Crippen LogP contribution in [0.2, 0.25) is 0 Å². The van der Waals surface area contributed by atoms with Crippen LogP contribution >= 0.6 is 11.3 Å². The maximum Gasteiger partial charge on any atom is 0.267 e. The highest BCUT2D eigenvalue weighted by molar-refractivity contribution is 7.14. The Morgan fingerprint density at radius 1 is 1.20 bits per heavy atom. The zero-order chi connectivity index (χ0) is 21.7. The third-order valence-electron chi connectivity index (χ3n) is 4.77. The number of rotatable bonds is 8. The molecule has 1 saturated heterocycles. The summed E-state index contributed by atoms with van der Waals surface area (Å²) in [5.74, 6) is 1.45. The minimum absolute atomic E-state index is 0.181. The smallest absolute Gasteiger partial charge is 0.267 e. The van der Waals surface area contributed by atoms with E-state index in [2.05, 4.69) is 29.0 Å². The van der Waals surface area contributed by atoms with Crippen LogP contribution in [0.5, 0.6) is 11.5 Å². The number of nitrogens with one attached hydrogen (secondary N) is 1. The van der Waals surface area contributed by atoms with E-state index in [-0.39, 0.29) is 11.8 Å². The standard InChI is InChI=1S/C22H31N3O4S/c1-6-28-18-13-17(25-8-10-27-11-9-25)19(29-7-2)12-16(18)24-21(26)20-15(5)23-22(30-20)14(3)4/h12-14H,6-11H2,1-5H3,(H,24,26). The van der Waals surface area contributed by atoms with Crippen molar-refractivity contribution in [2.24, 2.45) is 0 Å². The maximum atomic E-state index is 13.0. The predicted molar refractivity (Wildman–Crippen MR) is 121 cm³/mol.